The maximum Gasteiger partial charge on any atom is 0.270 e. The van der Waals surface area contributed by atoms with Crippen molar-refractivity contribution in [1.29, 1.82) is 0 Å². The molecule has 0 unspecified atom stereocenters. The van der Waals surface area contributed by atoms with E-state index in [1.165, 1.54) is 0 Å². The van der Waals surface area contributed by atoms with E-state index in [9.17, 15) is 9.59 Å². The lowest BCUT2D eigenvalue weighted by atomic mass is 9.93. The van der Waals surface area contributed by atoms with Crippen LogP contribution in [0.3, 0.4) is 0 Å². The Morgan fingerprint density at radius 2 is 1.84 bits per heavy atom. The molecule has 1 aromatic carbocycles. The van der Waals surface area contributed by atoms with Crippen molar-refractivity contribution >= 4 is 34.1 Å². The Kier molecular flexibility index (Phi) is 8.80. The molecule has 5 aromatic rings. The predicted octanol–water partition coefficient (Wildman–Crippen LogP) is 4.57. The molecule has 0 radical (unpaired) electrons. The lowest BCUT2D eigenvalue weighted by Crippen LogP contribution is -2.49. The number of aromatic amines is 1. The molecule has 262 valence electrons. The number of carbonyl (C=O) groups excluding carboxylic acids is 2. The predicted molar refractivity (Wildman–Crippen MR) is 188 cm³/mol. The number of nitrogens with zero attached hydrogens (tertiary/aromatic N) is 8. The fourth-order valence-corrected chi connectivity index (χ4v) is 6.83. The minimum atomic E-state index is -0.484. The third-order valence-corrected chi connectivity index (χ3v) is 9.69. The van der Waals surface area contributed by atoms with Crippen LogP contribution in [0.1, 0.15) is 41.7 Å². The van der Waals surface area contributed by atoms with Gasteiger partial charge in [0.25, 0.3) is 5.91 Å². The molecular formula is C37H38FN9O4. The van der Waals surface area contributed by atoms with Crippen molar-refractivity contribution in [3.63, 3.8) is 0 Å². The number of methoxy groups -OCH3 is 1. The second kappa shape index (κ2) is 13.8. The topological polar surface area (TPSA) is 135 Å². The number of rotatable bonds is 10. The summed E-state index contributed by atoms with van der Waals surface area (Å²) in [7, 11) is 1.57. The van der Waals surface area contributed by atoms with Crippen LogP contribution in [0.25, 0.3) is 27.6 Å². The van der Waals surface area contributed by atoms with E-state index in [0.29, 0.717) is 79.1 Å². The summed E-state index contributed by atoms with van der Waals surface area (Å²) in [4.78, 5) is 44.9. The molecule has 0 spiro atoms. The first-order valence-corrected chi connectivity index (χ1v) is 17.3. The van der Waals surface area contributed by atoms with E-state index in [-0.39, 0.29) is 42.1 Å². The number of ether oxygens (including phenoxy) is 2. The molecule has 1 aliphatic carbocycles. The van der Waals surface area contributed by atoms with E-state index in [2.05, 4.69) is 30.2 Å². The van der Waals surface area contributed by atoms with Crippen LogP contribution in [0.5, 0.6) is 11.5 Å². The smallest absolute Gasteiger partial charge is 0.270 e. The van der Waals surface area contributed by atoms with E-state index >= 15 is 4.39 Å². The SMILES string of the molecule is COc1ccncc1-c1cc(C2=CCCN(C(=O)CCn3ccnn3)C2)c(F)c2[nH]c(C(=O)N3CCN(c4ncccc4OC4CC4)CC3)cc12. The molecule has 2 amide bonds. The van der Waals surface area contributed by atoms with Gasteiger partial charge >= 0.3 is 0 Å². The van der Waals surface area contributed by atoms with Crippen LogP contribution in [0.2, 0.25) is 0 Å². The molecule has 1 N–H and O–H groups in total. The standard InChI is InChI=1S/C37H38FN9O4/c1-50-31-8-11-39-22-29(31)27-20-26(24-4-3-13-46(23-24)33(48)9-14-47-15-12-41-43-47)34(38)35-28(27)21-30(42-35)37(49)45-18-16-44(17-19-45)36-32(5-2-10-40-36)51-25-6-7-25/h2,4-5,8,10-12,15,20-22,25,42H,3,6-7,9,13-14,16-19,23H2,1H3. The van der Waals surface area contributed by atoms with Gasteiger partial charge in [0.1, 0.15) is 11.4 Å². The van der Waals surface area contributed by atoms with Gasteiger partial charge in [0.2, 0.25) is 5.91 Å². The second-order valence-electron chi connectivity index (χ2n) is 13.0. The number of hydrogen-bond acceptors (Lipinski definition) is 9. The highest BCUT2D eigenvalue weighted by atomic mass is 19.1. The summed E-state index contributed by atoms with van der Waals surface area (Å²) < 4.78 is 30.1. The normalized spacial score (nSPS) is 16.4. The number of anilines is 1. The number of benzene rings is 1. The Bertz CT molecular complexity index is 2100. The Balaban J connectivity index is 1.07. The molecule has 2 aliphatic heterocycles. The maximum absolute atomic E-state index is 16.7. The van der Waals surface area contributed by atoms with Gasteiger partial charge in [0.05, 0.1) is 31.5 Å². The van der Waals surface area contributed by atoms with E-state index in [0.717, 1.165) is 24.4 Å². The van der Waals surface area contributed by atoms with Gasteiger partial charge in [0.15, 0.2) is 17.4 Å². The summed E-state index contributed by atoms with van der Waals surface area (Å²) in [5.74, 6) is 1.38. The Morgan fingerprint density at radius 1 is 0.980 bits per heavy atom. The number of carbonyl (C=O) groups is 2. The Morgan fingerprint density at radius 3 is 2.63 bits per heavy atom. The molecule has 14 heteroatoms. The monoisotopic (exact) mass is 691 g/mol. The summed E-state index contributed by atoms with van der Waals surface area (Å²) in [6, 6.07) is 9.07. The van der Waals surface area contributed by atoms with Crippen LogP contribution in [-0.4, -0.2) is 104 Å². The minimum Gasteiger partial charge on any atom is -0.496 e. The van der Waals surface area contributed by atoms with Gasteiger partial charge in [-0.1, -0.05) is 11.3 Å². The molecule has 6 heterocycles. The number of aromatic nitrogens is 6. The first kappa shape index (κ1) is 32.4. The summed E-state index contributed by atoms with van der Waals surface area (Å²) in [6.45, 7) is 3.31. The van der Waals surface area contributed by atoms with E-state index in [1.807, 2.05) is 18.2 Å². The fraction of sp³-hybridized carbons (Fsp3) is 0.351. The van der Waals surface area contributed by atoms with Crippen molar-refractivity contribution in [2.45, 2.75) is 38.3 Å². The van der Waals surface area contributed by atoms with E-state index in [4.69, 9.17) is 9.47 Å². The number of nitrogens with one attached hydrogen (secondary N) is 1. The van der Waals surface area contributed by atoms with Crippen LogP contribution in [0, 0.1) is 5.82 Å². The number of hydrogen-bond donors (Lipinski definition) is 1. The van der Waals surface area contributed by atoms with Gasteiger partial charge in [-0.05, 0) is 60.7 Å². The number of piperazine rings is 1. The quantitative estimate of drug-likeness (QED) is 0.224. The van der Waals surface area contributed by atoms with E-state index in [1.54, 1.807) is 70.8 Å². The van der Waals surface area contributed by atoms with Crippen molar-refractivity contribution in [1.82, 2.24) is 39.7 Å². The molecule has 0 atom stereocenters. The van der Waals surface area contributed by atoms with Gasteiger partial charge in [-0.3, -0.25) is 19.3 Å². The number of amides is 2. The van der Waals surface area contributed by atoms with Gasteiger partial charge < -0.3 is 29.2 Å². The zero-order valence-electron chi connectivity index (χ0n) is 28.3. The molecule has 13 nitrogen and oxygen atoms in total. The van der Waals surface area contributed by atoms with Crippen molar-refractivity contribution in [2.24, 2.45) is 0 Å². The summed E-state index contributed by atoms with van der Waals surface area (Å²) >= 11 is 0. The first-order chi connectivity index (χ1) is 25.0. The molecule has 1 saturated heterocycles. The molecule has 0 bridgehead atoms. The Labute approximate surface area is 293 Å². The maximum atomic E-state index is 16.7. The van der Waals surface area contributed by atoms with Crippen molar-refractivity contribution in [3.8, 4) is 22.6 Å². The van der Waals surface area contributed by atoms with Crippen LogP contribution < -0.4 is 14.4 Å². The summed E-state index contributed by atoms with van der Waals surface area (Å²) in [6.07, 6.45) is 13.5. The lowest BCUT2D eigenvalue weighted by molar-refractivity contribution is -0.131. The highest BCUT2D eigenvalue weighted by molar-refractivity contribution is 6.05. The van der Waals surface area contributed by atoms with Gasteiger partial charge in [-0.25, -0.2) is 9.37 Å². The third kappa shape index (κ3) is 6.60. The van der Waals surface area contributed by atoms with Crippen LogP contribution >= 0.6 is 0 Å². The minimum absolute atomic E-state index is 0.0469. The van der Waals surface area contributed by atoms with Gasteiger partial charge in [-0.15, -0.1) is 5.10 Å². The average Bonchev–Trinajstić information content (AvgIpc) is 3.62. The number of fused-ring (bicyclic) bond motifs is 1. The highest BCUT2D eigenvalue weighted by Crippen LogP contribution is 2.40. The van der Waals surface area contributed by atoms with Crippen molar-refractivity contribution in [3.05, 3.63) is 84.5 Å². The summed E-state index contributed by atoms with van der Waals surface area (Å²) in [5.41, 5.74) is 2.87. The number of H-pyrrole nitrogens is 1. The first-order valence-electron chi connectivity index (χ1n) is 17.3. The van der Waals surface area contributed by atoms with Crippen LogP contribution in [0.15, 0.2) is 67.4 Å². The number of pyridine rings is 2. The van der Waals surface area contributed by atoms with Crippen molar-refractivity contribution in [2.75, 3.05) is 51.3 Å². The number of halogens is 1. The molecule has 1 saturated carbocycles. The van der Waals surface area contributed by atoms with Crippen molar-refractivity contribution < 1.29 is 23.5 Å². The van der Waals surface area contributed by atoms with Gasteiger partial charge in [-0.2, -0.15) is 0 Å². The van der Waals surface area contributed by atoms with Crippen LogP contribution in [0.4, 0.5) is 10.2 Å². The molecule has 2 fully saturated rings. The van der Waals surface area contributed by atoms with E-state index < -0.39 is 5.82 Å². The molecule has 8 rings (SSSR count). The molecule has 4 aromatic heterocycles. The zero-order valence-corrected chi connectivity index (χ0v) is 28.3. The second-order valence-corrected chi connectivity index (χ2v) is 13.0. The Hall–Kier alpha value is -5.79. The molecular weight excluding hydrogens is 653 g/mol. The molecule has 3 aliphatic rings. The largest absolute Gasteiger partial charge is 0.496 e. The summed E-state index contributed by atoms with van der Waals surface area (Å²) in [5, 5.41) is 8.28. The molecule has 51 heavy (non-hydrogen) atoms. The number of aryl methyl sites for hydroxylation is 1. The zero-order chi connectivity index (χ0) is 34.9. The highest BCUT2D eigenvalue weighted by Gasteiger charge is 2.30. The fourth-order valence-electron chi connectivity index (χ4n) is 6.83. The lowest BCUT2D eigenvalue weighted by Gasteiger charge is -2.35. The van der Waals surface area contributed by atoms with Gasteiger partial charge in [0, 0.05) is 87.0 Å². The average molecular weight is 692 g/mol. The third-order valence-electron chi connectivity index (χ3n) is 9.69. The van der Waals surface area contributed by atoms with Crippen LogP contribution in [-0.2, 0) is 11.3 Å².